The van der Waals surface area contributed by atoms with E-state index in [1.165, 1.54) is 218 Å². The molecule has 0 radical (unpaired) electrons. The van der Waals surface area contributed by atoms with Gasteiger partial charge in [-0.15, -0.1) is 0 Å². The van der Waals surface area contributed by atoms with Crippen LogP contribution in [0.3, 0.4) is 0 Å². The fourth-order valence-corrected chi connectivity index (χ4v) is 8.05. The predicted octanol–water partition coefficient (Wildman–Crippen LogP) is 14.4. The molecule has 0 saturated heterocycles. The third-order valence-electron chi connectivity index (χ3n) is 10.9. The van der Waals surface area contributed by atoms with Crippen LogP contribution in [0.2, 0.25) is 0 Å². The summed E-state index contributed by atoms with van der Waals surface area (Å²) in [5, 5.41) is 9.78. The summed E-state index contributed by atoms with van der Waals surface area (Å²) >= 11 is 0. The molecular formula is C47H94NO7P. The van der Waals surface area contributed by atoms with E-state index in [0.29, 0.717) is 6.42 Å². The Morgan fingerprint density at radius 1 is 0.518 bits per heavy atom. The van der Waals surface area contributed by atoms with Gasteiger partial charge in [0.15, 0.2) is 0 Å². The number of aliphatic hydroxyl groups is 1. The van der Waals surface area contributed by atoms with Crippen LogP contribution >= 0.6 is 7.82 Å². The molecule has 0 aromatic carbocycles. The van der Waals surface area contributed by atoms with E-state index >= 15 is 0 Å². The number of phosphoric ester groups is 1. The predicted molar refractivity (Wildman–Crippen MR) is 238 cm³/mol. The van der Waals surface area contributed by atoms with Crippen molar-refractivity contribution in [3.8, 4) is 0 Å². The van der Waals surface area contributed by atoms with Crippen LogP contribution in [-0.2, 0) is 23.1 Å². The molecule has 9 heteroatoms. The van der Waals surface area contributed by atoms with E-state index in [1.807, 2.05) is 0 Å². The third kappa shape index (κ3) is 45.9. The van der Waals surface area contributed by atoms with Crippen molar-refractivity contribution in [2.24, 2.45) is 5.73 Å². The average Bonchev–Trinajstić information content (AvgIpc) is 3.19. The first kappa shape index (κ1) is 55.2. The number of carbonyl (C=O) groups is 1. The molecule has 0 aliphatic heterocycles. The lowest BCUT2D eigenvalue weighted by molar-refractivity contribution is -0.147. The van der Waals surface area contributed by atoms with E-state index in [1.54, 1.807) is 0 Å². The van der Waals surface area contributed by atoms with Crippen molar-refractivity contribution >= 4 is 13.8 Å². The maximum atomic E-state index is 11.9. The zero-order valence-electron chi connectivity index (χ0n) is 36.9. The third-order valence-corrected chi connectivity index (χ3v) is 11.9. The largest absolute Gasteiger partial charge is 0.472 e. The summed E-state index contributed by atoms with van der Waals surface area (Å²) in [6.45, 7) is 1.49. The molecule has 0 fully saturated rings. The molecule has 2 atom stereocenters. The van der Waals surface area contributed by atoms with Crippen LogP contribution < -0.4 is 5.73 Å². The lowest BCUT2D eigenvalue weighted by atomic mass is 10.0. The minimum Gasteiger partial charge on any atom is -0.463 e. The Bertz CT molecular complexity index is 873. The highest BCUT2D eigenvalue weighted by molar-refractivity contribution is 7.47. The molecule has 4 N–H and O–H groups in total. The number of hydrogen-bond acceptors (Lipinski definition) is 7. The SMILES string of the molecule is CCCCCCCCCC/C=C\CCCCCCCCCCCCCCCCCCCCCCCCCCCCCC(=O)OCC(O)COP(=O)(O)OCCN. The van der Waals surface area contributed by atoms with Crippen molar-refractivity contribution in [3.05, 3.63) is 12.2 Å². The first-order valence-electron chi connectivity index (χ1n) is 24.2. The Morgan fingerprint density at radius 2 is 0.839 bits per heavy atom. The number of esters is 1. The Labute approximate surface area is 347 Å². The van der Waals surface area contributed by atoms with Crippen LogP contribution in [0.15, 0.2) is 12.2 Å². The van der Waals surface area contributed by atoms with Crippen LogP contribution in [0.1, 0.15) is 251 Å². The molecule has 56 heavy (non-hydrogen) atoms. The Morgan fingerprint density at radius 3 is 1.18 bits per heavy atom. The molecule has 0 heterocycles. The zero-order valence-corrected chi connectivity index (χ0v) is 37.8. The Hall–Kier alpha value is -0.760. The lowest BCUT2D eigenvalue weighted by Crippen LogP contribution is -2.23. The Balaban J connectivity index is 3.22. The standard InChI is InChI=1S/C47H94NO7P/c1-2-3-4-5-6-7-8-9-10-11-12-13-14-15-16-17-18-19-20-21-22-23-24-25-26-27-28-29-30-31-32-33-34-35-36-37-38-39-40-41-47(50)53-44-46(49)45-55-56(51,52)54-43-42-48/h11-12,46,49H,2-10,13-45,48H2,1H3,(H,51,52)/b12-11-. The molecule has 8 nitrogen and oxygen atoms in total. The topological polar surface area (TPSA) is 128 Å². The second kappa shape index (κ2) is 45.3. The van der Waals surface area contributed by atoms with Gasteiger partial charge in [-0.25, -0.2) is 4.57 Å². The van der Waals surface area contributed by atoms with Crippen molar-refractivity contribution in [1.82, 2.24) is 0 Å². The van der Waals surface area contributed by atoms with Gasteiger partial charge in [0.25, 0.3) is 0 Å². The number of phosphoric acid groups is 1. The number of aliphatic hydroxyl groups excluding tert-OH is 1. The van der Waals surface area contributed by atoms with Crippen LogP contribution in [0.5, 0.6) is 0 Å². The van der Waals surface area contributed by atoms with Crippen molar-refractivity contribution < 1.29 is 33.1 Å². The number of rotatable bonds is 47. The average molecular weight is 816 g/mol. The monoisotopic (exact) mass is 816 g/mol. The van der Waals surface area contributed by atoms with Gasteiger partial charge in [0.1, 0.15) is 12.7 Å². The maximum absolute atomic E-state index is 11.9. The minimum absolute atomic E-state index is 0.0767. The summed E-state index contributed by atoms with van der Waals surface area (Å²) in [5.74, 6) is -0.379. The zero-order chi connectivity index (χ0) is 40.9. The van der Waals surface area contributed by atoms with Gasteiger partial charge in [-0.3, -0.25) is 13.8 Å². The normalized spacial score (nSPS) is 13.4. The molecule has 0 aromatic heterocycles. The molecule has 0 aliphatic rings. The van der Waals surface area contributed by atoms with Crippen LogP contribution in [-0.4, -0.2) is 48.4 Å². The number of allylic oxidation sites excluding steroid dienone is 2. The molecule has 0 spiro atoms. The molecule has 0 saturated carbocycles. The number of ether oxygens (including phenoxy) is 1. The second-order valence-corrected chi connectivity index (χ2v) is 18.0. The first-order chi connectivity index (χ1) is 27.4. The van der Waals surface area contributed by atoms with E-state index in [4.69, 9.17) is 10.5 Å². The van der Waals surface area contributed by atoms with Gasteiger partial charge in [-0.1, -0.05) is 225 Å². The van der Waals surface area contributed by atoms with E-state index in [9.17, 15) is 19.4 Å². The highest BCUT2D eigenvalue weighted by Gasteiger charge is 2.22. The fourth-order valence-electron chi connectivity index (χ4n) is 7.28. The van der Waals surface area contributed by atoms with Crippen LogP contribution in [0.4, 0.5) is 0 Å². The van der Waals surface area contributed by atoms with Crippen molar-refractivity contribution in [3.63, 3.8) is 0 Å². The van der Waals surface area contributed by atoms with Gasteiger partial charge in [-0.05, 0) is 32.1 Å². The molecule has 0 aromatic rings. The van der Waals surface area contributed by atoms with Gasteiger partial charge < -0.3 is 20.5 Å². The summed E-state index contributed by atoms with van der Waals surface area (Å²) in [6, 6.07) is 0. The summed E-state index contributed by atoms with van der Waals surface area (Å²) in [5.41, 5.74) is 5.21. The summed E-state index contributed by atoms with van der Waals surface area (Å²) in [4.78, 5) is 21.3. The van der Waals surface area contributed by atoms with Crippen molar-refractivity contribution in [1.29, 1.82) is 0 Å². The Kier molecular flexibility index (Phi) is 44.7. The van der Waals surface area contributed by atoms with Crippen LogP contribution in [0.25, 0.3) is 0 Å². The maximum Gasteiger partial charge on any atom is 0.472 e. The van der Waals surface area contributed by atoms with Gasteiger partial charge in [0, 0.05) is 13.0 Å². The molecular weight excluding hydrogens is 721 g/mol. The number of nitrogens with two attached hydrogens (primary N) is 1. The highest BCUT2D eigenvalue weighted by atomic mass is 31.2. The fraction of sp³-hybridized carbons (Fsp3) is 0.936. The van der Waals surface area contributed by atoms with Crippen molar-refractivity contribution in [2.45, 2.75) is 257 Å². The smallest absolute Gasteiger partial charge is 0.463 e. The first-order valence-corrected chi connectivity index (χ1v) is 25.7. The quantitative estimate of drug-likeness (QED) is 0.0240. The van der Waals surface area contributed by atoms with E-state index in [0.717, 1.165) is 19.3 Å². The minimum atomic E-state index is -4.25. The van der Waals surface area contributed by atoms with E-state index in [2.05, 4.69) is 28.1 Å². The van der Waals surface area contributed by atoms with E-state index in [-0.39, 0.29) is 25.7 Å². The van der Waals surface area contributed by atoms with Gasteiger partial charge in [-0.2, -0.15) is 0 Å². The highest BCUT2D eigenvalue weighted by Crippen LogP contribution is 2.42. The molecule has 0 amide bonds. The number of unbranched alkanes of at least 4 members (excludes halogenated alkanes) is 35. The molecule has 334 valence electrons. The number of hydrogen-bond donors (Lipinski definition) is 3. The summed E-state index contributed by atoms with van der Waals surface area (Å²) in [6.07, 6.45) is 54.4. The number of carbonyl (C=O) groups excluding carboxylic acids is 1. The lowest BCUT2D eigenvalue weighted by Gasteiger charge is -2.15. The van der Waals surface area contributed by atoms with Gasteiger partial charge >= 0.3 is 13.8 Å². The molecule has 0 aliphatic carbocycles. The summed E-state index contributed by atoms with van der Waals surface area (Å²) < 4.78 is 25.8. The van der Waals surface area contributed by atoms with E-state index < -0.39 is 20.5 Å². The molecule has 2 unspecified atom stereocenters. The van der Waals surface area contributed by atoms with Gasteiger partial charge in [0.05, 0.1) is 13.2 Å². The van der Waals surface area contributed by atoms with Crippen molar-refractivity contribution in [2.75, 3.05) is 26.4 Å². The summed E-state index contributed by atoms with van der Waals surface area (Å²) in [7, 11) is -4.25. The second-order valence-electron chi connectivity index (χ2n) is 16.5. The molecule has 0 bridgehead atoms. The van der Waals surface area contributed by atoms with Gasteiger partial charge in [0.2, 0.25) is 0 Å². The molecule has 0 rings (SSSR count). The van der Waals surface area contributed by atoms with Crippen LogP contribution in [0, 0.1) is 0 Å².